The van der Waals surface area contributed by atoms with Gasteiger partial charge < -0.3 is 10.6 Å². The van der Waals surface area contributed by atoms with Gasteiger partial charge in [0.2, 0.25) is 5.95 Å². The summed E-state index contributed by atoms with van der Waals surface area (Å²) in [7, 11) is 0. The third-order valence-electron chi connectivity index (χ3n) is 6.79. The molecule has 4 aliphatic rings. The van der Waals surface area contributed by atoms with Crippen molar-refractivity contribution in [2.75, 3.05) is 0 Å². The first kappa shape index (κ1) is 19.1. The first-order valence-electron chi connectivity index (χ1n) is 10.4. The van der Waals surface area contributed by atoms with Gasteiger partial charge in [0.25, 0.3) is 11.8 Å². The maximum atomic E-state index is 13.5. The van der Waals surface area contributed by atoms with E-state index in [0.717, 1.165) is 38.2 Å². The second-order valence-electron chi connectivity index (χ2n) is 9.34. The van der Waals surface area contributed by atoms with Crippen molar-refractivity contribution in [1.29, 1.82) is 0 Å². The largest absolute Gasteiger partial charge is 0.346 e. The topological polar surface area (TPSA) is 96.9 Å². The molecule has 2 amide bonds. The van der Waals surface area contributed by atoms with Gasteiger partial charge in [0.1, 0.15) is 5.69 Å². The number of nitrogens with one attached hydrogen (secondary N) is 2. The molecular weight excluding hydrogens is 385 g/mol. The van der Waals surface area contributed by atoms with Gasteiger partial charge in [-0.15, -0.1) is 0 Å². The van der Waals surface area contributed by atoms with E-state index in [2.05, 4.69) is 25.6 Å². The zero-order chi connectivity index (χ0) is 20.9. The van der Waals surface area contributed by atoms with Crippen molar-refractivity contribution in [3.63, 3.8) is 0 Å². The zero-order valence-electron chi connectivity index (χ0n) is 16.8. The Kier molecular flexibility index (Phi) is 4.34. The van der Waals surface area contributed by atoms with Crippen molar-refractivity contribution in [2.24, 2.45) is 11.8 Å². The number of carbonyl (C=O) groups excluding carboxylic acids is 2. The fourth-order valence-corrected chi connectivity index (χ4v) is 6.29. The van der Waals surface area contributed by atoms with E-state index in [9.17, 15) is 14.0 Å². The molecule has 2 aromatic rings. The Hall–Kier alpha value is -2.90. The number of nitrogens with zero attached hydrogens (tertiary/aromatic N) is 3. The number of rotatable bonds is 4. The Balaban J connectivity index is 1.38. The molecule has 0 aromatic carbocycles. The van der Waals surface area contributed by atoms with Gasteiger partial charge in [-0.05, 0) is 63.4 Å². The molecule has 4 fully saturated rings. The molecule has 7 nitrogen and oxygen atoms in total. The van der Waals surface area contributed by atoms with Gasteiger partial charge in [-0.2, -0.15) is 4.39 Å². The van der Waals surface area contributed by atoms with E-state index in [0.29, 0.717) is 29.6 Å². The SMILES string of the molecule is Cc1cncc(C(=O)NC23CC4CC(CC(NC(=O)c5ccnc(F)c5)(C4)C2)C3)n1. The van der Waals surface area contributed by atoms with E-state index in [1.807, 2.05) is 0 Å². The monoisotopic (exact) mass is 409 g/mol. The second kappa shape index (κ2) is 6.82. The summed E-state index contributed by atoms with van der Waals surface area (Å²) in [5.41, 5.74) is 0.541. The zero-order valence-corrected chi connectivity index (χ0v) is 16.8. The standard InChI is InChI=1S/C22H24FN5O2/c1-13-10-24-11-17(26-13)20(30)28-22-8-14-4-15(9-22)7-21(6-14,12-22)27-19(29)16-2-3-25-18(23)5-16/h2-3,5,10-11,14-15H,4,6-9,12H2,1H3,(H,27,29)(H,28,30). The lowest BCUT2D eigenvalue weighted by Crippen LogP contribution is -2.69. The normalized spacial score (nSPS) is 31.4. The molecule has 0 saturated heterocycles. The van der Waals surface area contributed by atoms with Crippen LogP contribution in [0.4, 0.5) is 4.39 Å². The summed E-state index contributed by atoms with van der Waals surface area (Å²) in [4.78, 5) is 37.7. The van der Waals surface area contributed by atoms with Gasteiger partial charge in [0.15, 0.2) is 0 Å². The highest BCUT2D eigenvalue weighted by molar-refractivity contribution is 5.95. The molecule has 2 aromatic heterocycles. The van der Waals surface area contributed by atoms with Crippen molar-refractivity contribution in [1.82, 2.24) is 25.6 Å². The van der Waals surface area contributed by atoms with Crippen LogP contribution in [0.25, 0.3) is 0 Å². The second-order valence-corrected chi connectivity index (χ2v) is 9.34. The summed E-state index contributed by atoms with van der Waals surface area (Å²) in [5, 5.41) is 6.45. The molecule has 8 heteroatoms. The number of pyridine rings is 1. The van der Waals surface area contributed by atoms with Crippen LogP contribution in [0.2, 0.25) is 0 Å². The van der Waals surface area contributed by atoms with Gasteiger partial charge in [-0.1, -0.05) is 0 Å². The predicted molar refractivity (Wildman–Crippen MR) is 106 cm³/mol. The Morgan fingerprint density at radius 3 is 2.37 bits per heavy atom. The maximum Gasteiger partial charge on any atom is 0.271 e. The molecule has 0 aliphatic heterocycles. The highest BCUT2D eigenvalue weighted by atomic mass is 19.1. The molecule has 4 saturated carbocycles. The summed E-state index contributed by atoms with van der Waals surface area (Å²) >= 11 is 0. The van der Waals surface area contributed by atoms with E-state index >= 15 is 0 Å². The van der Waals surface area contributed by atoms with Gasteiger partial charge in [-0.25, -0.2) is 9.97 Å². The number of aromatic nitrogens is 3. The first-order valence-corrected chi connectivity index (χ1v) is 10.4. The van der Waals surface area contributed by atoms with E-state index in [4.69, 9.17) is 0 Å². The van der Waals surface area contributed by atoms with Crippen LogP contribution in [-0.2, 0) is 0 Å². The van der Waals surface area contributed by atoms with Crippen molar-refractivity contribution in [3.8, 4) is 0 Å². The van der Waals surface area contributed by atoms with E-state index < -0.39 is 5.95 Å². The van der Waals surface area contributed by atoms with Crippen LogP contribution in [-0.4, -0.2) is 37.8 Å². The lowest BCUT2D eigenvalue weighted by molar-refractivity contribution is -0.0448. The van der Waals surface area contributed by atoms with Crippen LogP contribution in [0.1, 0.15) is 65.1 Å². The third-order valence-corrected chi connectivity index (χ3v) is 6.79. The molecule has 0 spiro atoms. The van der Waals surface area contributed by atoms with Crippen LogP contribution in [0, 0.1) is 24.7 Å². The quantitative estimate of drug-likeness (QED) is 0.757. The fourth-order valence-electron chi connectivity index (χ4n) is 6.29. The van der Waals surface area contributed by atoms with Crippen molar-refractivity contribution >= 4 is 11.8 Å². The molecule has 2 N–H and O–H groups in total. The van der Waals surface area contributed by atoms with Gasteiger partial charge in [0.05, 0.1) is 11.9 Å². The average molecular weight is 409 g/mol. The number of halogens is 1. The molecule has 0 radical (unpaired) electrons. The summed E-state index contributed by atoms with van der Waals surface area (Å²) in [6, 6.07) is 2.68. The van der Waals surface area contributed by atoms with E-state index in [1.54, 1.807) is 13.1 Å². The molecule has 6 rings (SSSR count). The Bertz CT molecular complexity index is 935. The third kappa shape index (κ3) is 3.44. The Morgan fingerprint density at radius 1 is 1.07 bits per heavy atom. The number of carbonyl (C=O) groups is 2. The van der Waals surface area contributed by atoms with Crippen molar-refractivity contribution < 1.29 is 14.0 Å². The minimum Gasteiger partial charge on any atom is -0.346 e. The van der Waals surface area contributed by atoms with Gasteiger partial charge in [0, 0.05) is 35.1 Å². The number of amides is 2. The minimum absolute atomic E-state index is 0.217. The molecule has 2 heterocycles. The molecule has 30 heavy (non-hydrogen) atoms. The lowest BCUT2D eigenvalue weighted by Gasteiger charge is -2.62. The predicted octanol–water partition coefficient (Wildman–Crippen LogP) is 2.57. The highest BCUT2D eigenvalue weighted by Gasteiger charge is 2.58. The summed E-state index contributed by atoms with van der Waals surface area (Å²) in [6.45, 7) is 1.81. The number of hydrogen-bond donors (Lipinski definition) is 2. The number of aryl methyl sites for hydroxylation is 1. The molecule has 4 aliphatic carbocycles. The van der Waals surface area contributed by atoms with E-state index in [-0.39, 0.29) is 28.5 Å². The van der Waals surface area contributed by atoms with Crippen molar-refractivity contribution in [3.05, 3.63) is 53.6 Å². The minimum atomic E-state index is -0.670. The van der Waals surface area contributed by atoms with Crippen LogP contribution in [0.3, 0.4) is 0 Å². The first-order chi connectivity index (χ1) is 14.3. The van der Waals surface area contributed by atoms with Crippen molar-refractivity contribution in [2.45, 2.75) is 56.5 Å². The van der Waals surface area contributed by atoms with Crippen LogP contribution in [0.15, 0.2) is 30.7 Å². The summed E-state index contributed by atoms with van der Waals surface area (Å²) in [6.07, 6.45) is 9.82. The van der Waals surface area contributed by atoms with Gasteiger partial charge >= 0.3 is 0 Å². The fraction of sp³-hybridized carbons (Fsp3) is 0.500. The average Bonchev–Trinajstić information content (AvgIpc) is 2.66. The molecule has 4 bridgehead atoms. The van der Waals surface area contributed by atoms with Crippen LogP contribution in [0.5, 0.6) is 0 Å². The molecule has 2 atom stereocenters. The lowest BCUT2D eigenvalue weighted by atomic mass is 9.49. The maximum absolute atomic E-state index is 13.5. The molecular formula is C22H24FN5O2. The van der Waals surface area contributed by atoms with Crippen LogP contribution >= 0.6 is 0 Å². The number of hydrogen-bond acceptors (Lipinski definition) is 5. The molecule has 2 unspecified atom stereocenters. The summed E-state index contributed by atoms with van der Waals surface area (Å²) in [5.74, 6) is -0.277. The summed E-state index contributed by atoms with van der Waals surface area (Å²) < 4.78 is 13.5. The van der Waals surface area contributed by atoms with Crippen LogP contribution < -0.4 is 10.6 Å². The van der Waals surface area contributed by atoms with Gasteiger partial charge in [-0.3, -0.25) is 14.6 Å². The highest BCUT2D eigenvalue weighted by Crippen LogP contribution is 2.57. The van der Waals surface area contributed by atoms with E-state index in [1.165, 1.54) is 18.5 Å². The smallest absolute Gasteiger partial charge is 0.271 e. The Labute approximate surface area is 173 Å². The Morgan fingerprint density at radius 2 is 1.73 bits per heavy atom. The molecule has 156 valence electrons.